The molecule has 4 aromatic rings. The molecular weight excluding hydrogens is 557 g/mol. The van der Waals surface area contributed by atoms with Crippen LogP contribution < -0.4 is 14.4 Å². The smallest absolute Gasteiger partial charge is 0.296 e. The molecule has 0 bridgehead atoms. The van der Waals surface area contributed by atoms with Crippen molar-refractivity contribution in [3.05, 3.63) is 86.6 Å². The highest BCUT2D eigenvalue weighted by Gasteiger charge is 2.48. The largest absolute Gasteiger partial charge is 0.503 e. The van der Waals surface area contributed by atoms with Gasteiger partial charge in [0.25, 0.3) is 5.91 Å². The third-order valence-electron chi connectivity index (χ3n) is 6.10. The van der Waals surface area contributed by atoms with Crippen molar-refractivity contribution >= 4 is 51.3 Å². The fourth-order valence-electron chi connectivity index (χ4n) is 4.40. The number of thiazole rings is 1. The average Bonchev–Trinajstić information content (AvgIpc) is 3.62. The number of carbonyl (C=O) groups excluding carboxylic acids is 2. The molecule has 1 unspecified atom stereocenters. The molecule has 9 nitrogen and oxygen atoms in total. The number of rotatable bonds is 9. The summed E-state index contributed by atoms with van der Waals surface area (Å²) in [5.41, 5.74) is 2.04. The second-order valence-corrected chi connectivity index (χ2v) is 11.9. The first kappa shape index (κ1) is 26.9. The van der Waals surface area contributed by atoms with E-state index < -0.39 is 23.5 Å². The second-order valence-electron chi connectivity index (χ2n) is 8.52. The van der Waals surface area contributed by atoms with E-state index >= 15 is 0 Å². The van der Waals surface area contributed by atoms with Crippen LogP contribution in [0.1, 0.15) is 37.5 Å². The molecule has 39 heavy (non-hydrogen) atoms. The molecule has 1 atom stereocenters. The lowest BCUT2D eigenvalue weighted by atomic mass is 9.94. The van der Waals surface area contributed by atoms with E-state index in [9.17, 15) is 14.7 Å². The van der Waals surface area contributed by atoms with Crippen LogP contribution in [0, 0.1) is 13.8 Å². The van der Waals surface area contributed by atoms with E-state index in [0.717, 1.165) is 5.56 Å². The number of thioether (sulfide) groups is 1. The number of para-hydroxylation sites is 1. The zero-order chi connectivity index (χ0) is 27.7. The summed E-state index contributed by atoms with van der Waals surface area (Å²) in [6.07, 6.45) is 0. The molecule has 1 amide bonds. The maximum absolute atomic E-state index is 13.9. The number of methoxy groups -OCH3 is 2. The minimum atomic E-state index is -1.03. The summed E-state index contributed by atoms with van der Waals surface area (Å²) < 4.78 is 11.8. The molecule has 3 heterocycles. The maximum Gasteiger partial charge on any atom is 0.296 e. The van der Waals surface area contributed by atoms with Gasteiger partial charge in [0.1, 0.15) is 6.04 Å². The highest BCUT2D eigenvalue weighted by molar-refractivity contribution is 8.00. The molecule has 1 aliphatic rings. The maximum atomic E-state index is 13.9. The molecule has 1 N–H and O–H groups in total. The Hall–Kier alpha value is -3.74. The molecule has 12 heteroatoms. The van der Waals surface area contributed by atoms with E-state index in [1.807, 2.05) is 30.3 Å². The first-order valence-corrected chi connectivity index (χ1v) is 14.4. The lowest BCUT2D eigenvalue weighted by Crippen LogP contribution is -2.31. The van der Waals surface area contributed by atoms with Crippen molar-refractivity contribution in [2.24, 2.45) is 0 Å². The molecule has 0 radical (unpaired) electrons. The molecule has 0 saturated heterocycles. The minimum absolute atomic E-state index is 0.0769. The predicted octanol–water partition coefficient (Wildman–Crippen LogP) is 5.70. The molecule has 0 spiro atoms. The van der Waals surface area contributed by atoms with Gasteiger partial charge in [-0.2, -0.15) is 0 Å². The Labute approximate surface area is 237 Å². The lowest BCUT2D eigenvalue weighted by molar-refractivity contribution is -0.117. The van der Waals surface area contributed by atoms with Gasteiger partial charge in [0.2, 0.25) is 10.9 Å². The van der Waals surface area contributed by atoms with Gasteiger partial charge in [-0.1, -0.05) is 65.6 Å². The Bertz CT molecular complexity index is 1580. The predicted molar refractivity (Wildman–Crippen MR) is 151 cm³/mol. The zero-order valence-corrected chi connectivity index (χ0v) is 23.9. The van der Waals surface area contributed by atoms with Gasteiger partial charge in [-0.05, 0) is 25.5 Å². The third-order valence-corrected chi connectivity index (χ3v) is 9.30. The Balaban J connectivity index is 1.59. The number of nitrogens with zero attached hydrogens (tertiary/aromatic N) is 4. The van der Waals surface area contributed by atoms with Crippen molar-refractivity contribution in [1.29, 1.82) is 0 Å². The van der Waals surface area contributed by atoms with Crippen molar-refractivity contribution in [3.63, 3.8) is 0 Å². The summed E-state index contributed by atoms with van der Waals surface area (Å²) in [7, 11) is 2.98. The highest BCUT2D eigenvalue weighted by Crippen LogP contribution is 2.48. The summed E-state index contributed by atoms with van der Waals surface area (Å²) in [5.74, 6) is -0.445. The molecule has 200 valence electrons. The van der Waals surface area contributed by atoms with Crippen molar-refractivity contribution in [3.8, 4) is 11.5 Å². The number of aryl methyl sites for hydroxylation is 2. The number of hydrogen-bond donors (Lipinski definition) is 1. The van der Waals surface area contributed by atoms with Crippen molar-refractivity contribution in [2.75, 3.05) is 19.1 Å². The number of aliphatic hydroxyl groups excluding tert-OH is 1. The SMILES string of the molecule is COc1cccc(C2C(C(=O)c3sc(C)nc3C)=C(O)C(=O)N2c2nnc(SCc3ccccc3)s2)c1OC. The van der Waals surface area contributed by atoms with Crippen molar-refractivity contribution in [2.45, 2.75) is 30.0 Å². The fourth-order valence-corrected chi connectivity index (χ4v) is 7.10. The second kappa shape index (κ2) is 11.2. The van der Waals surface area contributed by atoms with E-state index in [0.29, 0.717) is 42.7 Å². The summed E-state index contributed by atoms with van der Waals surface area (Å²) in [6, 6.07) is 14.1. The van der Waals surface area contributed by atoms with Gasteiger partial charge in [0.05, 0.1) is 35.4 Å². The van der Waals surface area contributed by atoms with E-state index in [-0.39, 0.29) is 10.7 Å². The van der Waals surface area contributed by atoms with Gasteiger partial charge in [-0.25, -0.2) is 4.98 Å². The first-order chi connectivity index (χ1) is 18.8. The molecular formula is C27H24N4O5S3. The topological polar surface area (TPSA) is 115 Å². The van der Waals surface area contributed by atoms with Gasteiger partial charge in [-0.15, -0.1) is 21.5 Å². The van der Waals surface area contributed by atoms with Crippen LogP contribution in [0.5, 0.6) is 11.5 Å². The number of aliphatic hydroxyl groups is 1. The molecule has 5 rings (SSSR count). The van der Waals surface area contributed by atoms with Crippen molar-refractivity contribution < 1.29 is 24.2 Å². The van der Waals surface area contributed by atoms with Gasteiger partial charge >= 0.3 is 0 Å². The van der Waals surface area contributed by atoms with Crippen LogP contribution in [0.4, 0.5) is 5.13 Å². The summed E-state index contributed by atoms with van der Waals surface area (Å²) in [4.78, 5) is 33.5. The summed E-state index contributed by atoms with van der Waals surface area (Å²) >= 11 is 3.91. The quantitative estimate of drug-likeness (QED) is 0.151. The molecule has 0 aliphatic carbocycles. The van der Waals surface area contributed by atoms with E-state index in [1.54, 1.807) is 32.0 Å². The Morgan fingerprint density at radius 2 is 1.82 bits per heavy atom. The average molecular weight is 581 g/mol. The minimum Gasteiger partial charge on any atom is -0.503 e. The van der Waals surface area contributed by atoms with Crippen LogP contribution in [-0.4, -0.2) is 46.2 Å². The molecule has 2 aromatic heterocycles. The summed E-state index contributed by atoms with van der Waals surface area (Å²) in [6.45, 7) is 3.53. The Morgan fingerprint density at radius 1 is 1.05 bits per heavy atom. The van der Waals surface area contributed by atoms with E-state index in [2.05, 4.69) is 15.2 Å². The van der Waals surface area contributed by atoms with Gasteiger partial charge < -0.3 is 14.6 Å². The number of ether oxygens (including phenoxy) is 2. The fraction of sp³-hybridized carbons (Fsp3) is 0.222. The highest BCUT2D eigenvalue weighted by atomic mass is 32.2. The molecule has 1 aliphatic heterocycles. The number of aromatic nitrogens is 3. The molecule has 0 fully saturated rings. The standard InChI is InChI=1S/C27H24N4O5S3/c1-14-24(38-15(2)28-14)21(32)19-20(17-11-8-12-18(35-3)23(17)36-4)31(25(34)22(19)33)26-29-30-27(39-26)37-13-16-9-6-5-7-10-16/h5-12,20,33H,13H2,1-4H3. The van der Waals surface area contributed by atoms with Gasteiger partial charge in [0, 0.05) is 11.3 Å². The molecule has 2 aromatic carbocycles. The van der Waals surface area contributed by atoms with E-state index in [1.165, 1.54) is 53.6 Å². The number of Topliss-reactive ketones (excluding diaryl/α,β-unsaturated/α-hetero) is 1. The zero-order valence-electron chi connectivity index (χ0n) is 21.5. The van der Waals surface area contributed by atoms with Crippen LogP contribution in [0.25, 0.3) is 0 Å². The molecule has 0 saturated carbocycles. The Morgan fingerprint density at radius 3 is 2.49 bits per heavy atom. The van der Waals surface area contributed by atoms with Crippen LogP contribution in [-0.2, 0) is 10.5 Å². The number of amides is 1. The first-order valence-electron chi connectivity index (χ1n) is 11.8. The number of benzene rings is 2. The van der Waals surface area contributed by atoms with E-state index in [4.69, 9.17) is 9.47 Å². The number of hydrogen-bond acceptors (Lipinski definition) is 11. The van der Waals surface area contributed by atoms with Crippen LogP contribution in [0.2, 0.25) is 0 Å². The Kier molecular flexibility index (Phi) is 7.69. The number of ketones is 1. The lowest BCUT2D eigenvalue weighted by Gasteiger charge is -2.26. The van der Waals surface area contributed by atoms with Crippen LogP contribution in [0.15, 0.2) is 64.2 Å². The van der Waals surface area contributed by atoms with Gasteiger partial charge in [0.15, 0.2) is 21.6 Å². The third kappa shape index (κ3) is 5.02. The van der Waals surface area contributed by atoms with Crippen molar-refractivity contribution in [1.82, 2.24) is 15.2 Å². The van der Waals surface area contributed by atoms with Crippen LogP contribution in [0.3, 0.4) is 0 Å². The van der Waals surface area contributed by atoms with Gasteiger partial charge in [-0.3, -0.25) is 14.5 Å². The van der Waals surface area contributed by atoms with Crippen LogP contribution >= 0.6 is 34.4 Å². The normalized spacial score (nSPS) is 15.2. The number of carbonyl (C=O) groups is 2. The summed E-state index contributed by atoms with van der Waals surface area (Å²) in [5, 5.41) is 20.6. The monoisotopic (exact) mass is 580 g/mol. The number of anilines is 1.